The summed E-state index contributed by atoms with van der Waals surface area (Å²) in [5, 5.41) is 27.4. The van der Waals surface area contributed by atoms with Gasteiger partial charge < -0.3 is 15.3 Å². The van der Waals surface area contributed by atoms with Crippen LogP contribution in [0, 0.1) is 11.8 Å². The van der Waals surface area contributed by atoms with Crippen LogP contribution >= 0.6 is 0 Å². The SMILES string of the molecule is CCC1CCC(c2ccc(O)cc2)CC1.OCCC1CCC(c2ccc(O)cc2)CC1. The minimum absolute atomic E-state index is 0.328. The van der Waals surface area contributed by atoms with E-state index in [1.165, 1.54) is 68.9 Å². The van der Waals surface area contributed by atoms with Gasteiger partial charge in [-0.3, -0.25) is 0 Å². The lowest BCUT2D eigenvalue weighted by Gasteiger charge is -2.28. The Balaban J connectivity index is 0.000000176. The van der Waals surface area contributed by atoms with E-state index < -0.39 is 0 Å². The second-order valence-electron chi connectivity index (χ2n) is 9.54. The fourth-order valence-corrected chi connectivity index (χ4v) is 5.36. The smallest absolute Gasteiger partial charge is 0.115 e. The van der Waals surface area contributed by atoms with E-state index in [1.807, 2.05) is 12.1 Å². The maximum Gasteiger partial charge on any atom is 0.115 e. The van der Waals surface area contributed by atoms with Gasteiger partial charge in [0.1, 0.15) is 11.5 Å². The molecule has 170 valence electrons. The summed E-state index contributed by atoms with van der Waals surface area (Å²) in [6, 6.07) is 15.4. The molecule has 3 N–H and O–H groups in total. The minimum Gasteiger partial charge on any atom is -0.508 e. The summed E-state index contributed by atoms with van der Waals surface area (Å²) in [4.78, 5) is 0. The molecule has 2 aliphatic carbocycles. The molecule has 2 aromatic carbocycles. The molecule has 2 aliphatic rings. The summed E-state index contributed by atoms with van der Waals surface area (Å²) in [6.45, 7) is 2.63. The van der Waals surface area contributed by atoms with Crippen molar-refractivity contribution in [2.45, 2.75) is 83.0 Å². The Bertz CT molecular complexity index is 737. The summed E-state index contributed by atoms with van der Waals surface area (Å²) in [6.07, 6.45) is 12.6. The largest absolute Gasteiger partial charge is 0.508 e. The van der Waals surface area contributed by atoms with Crippen LogP contribution in [0.15, 0.2) is 48.5 Å². The van der Waals surface area contributed by atoms with E-state index in [4.69, 9.17) is 5.11 Å². The van der Waals surface area contributed by atoms with Gasteiger partial charge in [-0.2, -0.15) is 0 Å². The van der Waals surface area contributed by atoms with Crippen LogP contribution in [0.25, 0.3) is 0 Å². The summed E-state index contributed by atoms with van der Waals surface area (Å²) in [5.41, 5.74) is 2.75. The first-order valence-electron chi connectivity index (χ1n) is 12.3. The standard InChI is InChI=1S/C14H20O2.C14H20O/c15-10-9-11-1-3-12(4-2-11)13-5-7-14(16)8-6-13;1-2-11-3-5-12(6-4-11)13-7-9-14(15)10-8-13/h5-8,11-12,15-16H,1-4,9-10H2;7-12,15H,2-6H2,1H3. The molecule has 2 saturated carbocycles. The van der Waals surface area contributed by atoms with Crippen LogP contribution in [0.1, 0.15) is 94.1 Å². The molecule has 0 spiro atoms. The number of rotatable bonds is 5. The highest BCUT2D eigenvalue weighted by Crippen LogP contribution is 2.38. The van der Waals surface area contributed by atoms with Crippen LogP contribution in [0.4, 0.5) is 0 Å². The molecule has 3 heteroatoms. The van der Waals surface area contributed by atoms with Crippen LogP contribution in [0.3, 0.4) is 0 Å². The first-order valence-corrected chi connectivity index (χ1v) is 12.3. The number of aliphatic hydroxyl groups excluding tert-OH is 1. The van der Waals surface area contributed by atoms with Gasteiger partial charge in [-0.15, -0.1) is 0 Å². The molecule has 0 aromatic heterocycles. The van der Waals surface area contributed by atoms with E-state index in [9.17, 15) is 10.2 Å². The molecule has 2 aromatic rings. The summed E-state index contributed by atoms with van der Waals surface area (Å²) in [7, 11) is 0. The third kappa shape index (κ3) is 7.28. The Kier molecular flexibility index (Phi) is 9.27. The number of hydrogen-bond acceptors (Lipinski definition) is 3. The number of aliphatic hydroxyl groups is 1. The predicted molar refractivity (Wildman–Crippen MR) is 128 cm³/mol. The van der Waals surface area contributed by atoms with E-state index in [2.05, 4.69) is 19.1 Å². The fourth-order valence-electron chi connectivity index (χ4n) is 5.36. The number of aromatic hydroxyl groups is 2. The fraction of sp³-hybridized carbons (Fsp3) is 0.571. The van der Waals surface area contributed by atoms with Gasteiger partial charge in [0.25, 0.3) is 0 Å². The lowest BCUT2D eigenvalue weighted by molar-refractivity contribution is 0.222. The van der Waals surface area contributed by atoms with Crippen molar-refractivity contribution >= 4 is 0 Å². The van der Waals surface area contributed by atoms with E-state index in [1.54, 1.807) is 24.3 Å². The first kappa shape index (κ1) is 23.7. The van der Waals surface area contributed by atoms with Crippen molar-refractivity contribution in [1.29, 1.82) is 0 Å². The molecule has 0 amide bonds. The van der Waals surface area contributed by atoms with Gasteiger partial charge in [0.2, 0.25) is 0 Å². The quantitative estimate of drug-likeness (QED) is 0.479. The Labute approximate surface area is 188 Å². The highest BCUT2D eigenvalue weighted by atomic mass is 16.3. The van der Waals surface area contributed by atoms with E-state index in [0.717, 1.165) is 24.2 Å². The Hall–Kier alpha value is -2.00. The third-order valence-electron chi connectivity index (χ3n) is 7.54. The maximum atomic E-state index is 9.24. The lowest BCUT2D eigenvalue weighted by atomic mass is 9.78. The molecular formula is C28H40O3. The van der Waals surface area contributed by atoms with E-state index in [0.29, 0.717) is 24.0 Å². The normalized spacial score (nSPS) is 26.0. The average Bonchev–Trinajstić information content (AvgIpc) is 2.81. The number of phenols is 2. The summed E-state index contributed by atoms with van der Waals surface area (Å²) < 4.78 is 0. The van der Waals surface area contributed by atoms with Gasteiger partial charge in [0.05, 0.1) is 0 Å². The van der Waals surface area contributed by atoms with Crippen LogP contribution in [0.5, 0.6) is 11.5 Å². The van der Waals surface area contributed by atoms with E-state index in [-0.39, 0.29) is 0 Å². The van der Waals surface area contributed by atoms with Crippen molar-refractivity contribution in [3.8, 4) is 11.5 Å². The second-order valence-corrected chi connectivity index (χ2v) is 9.54. The Morgan fingerprint density at radius 3 is 1.35 bits per heavy atom. The number of hydrogen-bond donors (Lipinski definition) is 3. The predicted octanol–water partition coefficient (Wildman–Crippen LogP) is 7.12. The third-order valence-corrected chi connectivity index (χ3v) is 7.54. The van der Waals surface area contributed by atoms with Gasteiger partial charge in [-0.25, -0.2) is 0 Å². The van der Waals surface area contributed by atoms with Crippen molar-refractivity contribution in [3.63, 3.8) is 0 Å². The highest BCUT2D eigenvalue weighted by molar-refractivity contribution is 5.29. The first-order chi connectivity index (χ1) is 15.1. The molecule has 0 radical (unpaired) electrons. The summed E-state index contributed by atoms with van der Waals surface area (Å²) >= 11 is 0. The molecule has 2 fully saturated rings. The molecule has 3 nitrogen and oxygen atoms in total. The van der Waals surface area contributed by atoms with Crippen LogP contribution in [-0.2, 0) is 0 Å². The van der Waals surface area contributed by atoms with Crippen LogP contribution in [0.2, 0.25) is 0 Å². The second kappa shape index (κ2) is 12.1. The zero-order valence-electron chi connectivity index (χ0n) is 19.0. The van der Waals surface area contributed by atoms with Crippen molar-refractivity contribution in [2.24, 2.45) is 11.8 Å². The summed E-state index contributed by atoms with van der Waals surface area (Å²) in [5.74, 6) is 3.78. The Morgan fingerprint density at radius 1 is 0.613 bits per heavy atom. The molecule has 0 saturated heterocycles. The van der Waals surface area contributed by atoms with Gasteiger partial charge in [0.15, 0.2) is 0 Å². The van der Waals surface area contributed by atoms with Crippen molar-refractivity contribution < 1.29 is 15.3 Å². The molecule has 0 unspecified atom stereocenters. The molecular weight excluding hydrogens is 384 g/mol. The zero-order chi connectivity index (χ0) is 22.1. The number of phenolic OH excluding ortho intramolecular Hbond substituents is 2. The van der Waals surface area contributed by atoms with Crippen LogP contribution < -0.4 is 0 Å². The minimum atomic E-state index is 0.328. The molecule has 0 atom stereocenters. The van der Waals surface area contributed by atoms with Gasteiger partial charge in [-0.05, 0) is 117 Å². The van der Waals surface area contributed by atoms with Gasteiger partial charge in [-0.1, -0.05) is 37.6 Å². The van der Waals surface area contributed by atoms with Crippen molar-refractivity contribution in [2.75, 3.05) is 6.61 Å². The van der Waals surface area contributed by atoms with Crippen LogP contribution in [-0.4, -0.2) is 21.9 Å². The average molecular weight is 425 g/mol. The monoisotopic (exact) mass is 424 g/mol. The van der Waals surface area contributed by atoms with Crippen molar-refractivity contribution in [3.05, 3.63) is 59.7 Å². The zero-order valence-corrected chi connectivity index (χ0v) is 19.0. The van der Waals surface area contributed by atoms with Gasteiger partial charge in [0, 0.05) is 6.61 Å². The maximum absolute atomic E-state index is 9.24. The molecule has 31 heavy (non-hydrogen) atoms. The van der Waals surface area contributed by atoms with Gasteiger partial charge >= 0.3 is 0 Å². The molecule has 0 heterocycles. The molecule has 0 aliphatic heterocycles. The van der Waals surface area contributed by atoms with E-state index >= 15 is 0 Å². The topological polar surface area (TPSA) is 60.7 Å². The highest BCUT2D eigenvalue weighted by Gasteiger charge is 2.22. The molecule has 4 rings (SSSR count). The lowest BCUT2D eigenvalue weighted by Crippen LogP contribution is -2.14. The Morgan fingerprint density at radius 2 is 1.00 bits per heavy atom. The van der Waals surface area contributed by atoms with Crippen molar-refractivity contribution in [1.82, 2.24) is 0 Å². The number of benzene rings is 2. The molecule has 0 bridgehead atoms.